The van der Waals surface area contributed by atoms with E-state index in [1.54, 1.807) is 6.92 Å². The average molecular weight is 468 g/mol. The maximum atomic E-state index is 12.8. The summed E-state index contributed by atoms with van der Waals surface area (Å²) in [5.41, 5.74) is 2.51. The summed E-state index contributed by atoms with van der Waals surface area (Å²) < 4.78 is 2.18. The Bertz CT molecular complexity index is 1370. The summed E-state index contributed by atoms with van der Waals surface area (Å²) in [6, 6.07) is 20.8. The number of nitrogens with zero attached hydrogens (tertiary/aromatic N) is 3. The van der Waals surface area contributed by atoms with Crippen molar-refractivity contribution < 1.29 is 9.59 Å². The van der Waals surface area contributed by atoms with Crippen molar-refractivity contribution in [1.29, 1.82) is 0 Å². The lowest BCUT2D eigenvalue weighted by molar-refractivity contribution is -0.125. The van der Waals surface area contributed by atoms with Gasteiger partial charge in [0, 0.05) is 24.2 Å². The molecule has 1 aromatic heterocycles. The molecule has 1 aliphatic heterocycles. The Balaban J connectivity index is 1.24. The first-order chi connectivity index (χ1) is 17.1. The average Bonchev–Trinajstić information content (AvgIpc) is 3.12. The van der Waals surface area contributed by atoms with Gasteiger partial charge in [0.25, 0.3) is 0 Å². The number of nitrogens with one attached hydrogen (secondary N) is 2. The second-order valence-electron chi connectivity index (χ2n) is 9.08. The second kappa shape index (κ2) is 10.1. The number of benzene rings is 3. The Morgan fingerprint density at radius 1 is 0.971 bits per heavy atom. The Hall–Kier alpha value is -4.00. The summed E-state index contributed by atoms with van der Waals surface area (Å²) in [6.45, 7) is 2.60. The molecule has 2 heterocycles. The molecule has 0 unspecified atom stereocenters. The first-order valence-electron chi connectivity index (χ1n) is 12.2. The SMILES string of the molecule is C[C@@H](NC(=O)Cc1cccc2ccccc12)C(=O)Nc1cccc(-c2nnc3n2CCCCC3)c1. The Morgan fingerprint density at radius 2 is 1.80 bits per heavy atom. The van der Waals surface area contributed by atoms with Gasteiger partial charge in [-0.25, -0.2) is 0 Å². The molecule has 35 heavy (non-hydrogen) atoms. The molecule has 0 bridgehead atoms. The van der Waals surface area contributed by atoms with Gasteiger partial charge in [0.1, 0.15) is 11.9 Å². The normalized spacial score (nSPS) is 14.1. The number of aryl methyl sites for hydroxylation is 1. The molecule has 4 aromatic rings. The summed E-state index contributed by atoms with van der Waals surface area (Å²) >= 11 is 0. The number of carbonyl (C=O) groups is 2. The molecule has 0 saturated heterocycles. The van der Waals surface area contributed by atoms with E-state index in [1.165, 1.54) is 6.42 Å². The molecule has 0 spiro atoms. The molecule has 0 fully saturated rings. The van der Waals surface area contributed by atoms with E-state index in [1.807, 2.05) is 66.7 Å². The van der Waals surface area contributed by atoms with Crippen molar-refractivity contribution >= 4 is 28.3 Å². The number of rotatable bonds is 6. The van der Waals surface area contributed by atoms with Gasteiger partial charge in [-0.05, 0) is 48.2 Å². The fourth-order valence-electron chi connectivity index (χ4n) is 4.66. The summed E-state index contributed by atoms with van der Waals surface area (Å²) in [5.74, 6) is 1.39. The minimum Gasteiger partial charge on any atom is -0.344 e. The van der Waals surface area contributed by atoms with Crippen LogP contribution in [-0.2, 0) is 29.0 Å². The zero-order valence-electron chi connectivity index (χ0n) is 19.8. The number of carbonyl (C=O) groups excluding carboxylic acids is 2. The van der Waals surface area contributed by atoms with Gasteiger partial charge in [0.15, 0.2) is 5.82 Å². The highest BCUT2D eigenvalue weighted by molar-refractivity contribution is 5.98. The molecule has 0 radical (unpaired) electrons. The summed E-state index contributed by atoms with van der Waals surface area (Å²) in [6.07, 6.45) is 4.61. The predicted octanol–water partition coefficient (Wildman–Crippen LogP) is 4.51. The lowest BCUT2D eigenvalue weighted by Crippen LogP contribution is -2.42. The van der Waals surface area contributed by atoms with Gasteiger partial charge in [-0.2, -0.15) is 0 Å². The molecule has 7 nitrogen and oxygen atoms in total. The molecule has 2 amide bonds. The van der Waals surface area contributed by atoms with Gasteiger partial charge in [-0.3, -0.25) is 9.59 Å². The van der Waals surface area contributed by atoms with Crippen LogP contribution < -0.4 is 10.6 Å². The maximum absolute atomic E-state index is 12.8. The highest BCUT2D eigenvalue weighted by Crippen LogP contribution is 2.25. The molecule has 3 aromatic carbocycles. The summed E-state index contributed by atoms with van der Waals surface area (Å²) in [7, 11) is 0. The lowest BCUT2D eigenvalue weighted by atomic mass is 10.0. The van der Waals surface area contributed by atoms with Crippen molar-refractivity contribution in [3.8, 4) is 11.4 Å². The molecule has 0 saturated carbocycles. The molecular formula is C28H29N5O2. The van der Waals surface area contributed by atoms with Crippen LogP contribution in [0.5, 0.6) is 0 Å². The van der Waals surface area contributed by atoms with Crippen LogP contribution in [0.2, 0.25) is 0 Å². The van der Waals surface area contributed by atoms with Crippen molar-refractivity contribution in [2.75, 3.05) is 5.32 Å². The number of anilines is 1. The van der Waals surface area contributed by atoms with E-state index in [-0.39, 0.29) is 18.2 Å². The van der Waals surface area contributed by atoms with Crippen LogP contribution in [0.15, 0.2) is 66.7 Å². The first kappa shape index (κ1) is 22.8. The molecule has 7 heteroatoms. The third kappa shape index (κ3) is 5.09. The number of aromatic nitrogens is 3. The van der Waals surface area contributed by atoms with Crippen molar-refractivity contribution in [2.45, 2.75) is 51.6 Å². The highest BCUT2D eigenvalue weighted by Gasteiger charge is 2.19. The Kier molecular flexibility index (Phi) is 6.57. The van der Waals surface area contributed by atoms with Gasteiger partial charge in [-0.1, -0.05) is 61.0 Å². The number of hydrogen-bond donors (Lipinski definition) is 2. The van der Waals surface area contributed by atoms with E-state index < -0.39 is 6.04 Å². The lowest BCUT2D eigenvalue weighted by Gasteiger charge is -2.15. The quantitative estimate of drug-likeness (QED) is 0.437. The van der Waals surface area contributed by atoms with Gasteiger partial charge >= 0.3 is 0 Å². The number of fused-ring (bicyclic) bond motifs is 2. The van der Waals surface area contributed by atoms with E-state index in [9.17, 15) is 9.59 Å². The van der Waals surface area contributed by atoms with Gasteiger partial charge < -0.3 is 15.2 Å². The molecule has 1 aliphatic rings. The van der Waals surface area contributed by atoms with E-state index in [0.29, 0.717) is 5.69 Å². The van der Waals surface area contributed by atoms with E-state index in [4.69, 9.17) is 0 Å². The van der Waals surface area contributed by atoms with Crippen molar-refractivity contribution in [3.63, 3.8) is 0 Å². The van der Waals surface area contributed by atoms with E-state index in [2.05, 4.69) is 25.4 Å². The Labute approximate surface area is 204 Å². The van der Waals surface area contributed by atoms with Crippen LogP contribution in [0.3, 0.4) is 0 Å². The standard InChI is InChI=1S/C28H29N5O2/c1-19(29-26(34)18-21-11-7-10-20-9-4-5-14-24(20)21)28(35)30-23-13-8-12-22(17-23)27-32-31-25-15-3-2-6-16-33(25)27/h4-5,7-14,17,19H,2-3,6,15-16,18H2,1H3,(H,29,34)(H,30,35)/t19-/m1/s1. The number of hydrogen-bond acceptors (Lipinski definition) is 4. The minimum absolute atomic E-state index is 0.191. The third-order valence-corrected chi connectivity index (χ3v) is 6.50. The maximum Gasteiger partial charge on any atom is 0.246 e. The zero-order valence-corrected chi connectivity index (χ0v) is 19.8. The molecule has 1 atom stereocenters. The van der Waals surface area contributed by atoms with Crippen LogP contribution >= 0.6 is 0 Å². The van der Waals surface area contributed by atoms with E-state index >= 15 is 0 Å². The molecule has 178 valence electrons. The predicted molar refractivity (Wildman–Crippen MR) is 137 cm³/mol. The van der Waals surface area contributed by atoms with Crippen LogP contribution in [0, 0.1) is 0 Å². The molecular weight excluding hydrogens is 438 g/mol. The van der Waals surface area contributed by atoms with Gasteiger partial charge in [-0.15, -0.1) is 10.2 Å². The van der Waals surface area contributed by atoms with Crippen LogP contribution in [-0.4, -0.2) is 32.6 Å². The summed E-state index contributed by atoms with van der Waals surface area (Å²) in [5, 5.41) is 16.7. The third-order valence-electron chi connectivity index (χ3n) is 6.50. The largest absolute Gasteiger partial charge is 0.344 e. The minimum atomic E-state index is -0.675. The van der Waals surface area contributed by atoms with Crippen LogP contribution in [0.1, 0.15) is 37.6 Å². The van der Waals surface area contributed by atoms with Gasteiger partial charge in [0.2, 0.25) is 11.8 Å². The molecule has 0 aliphatic carbocycles. The summed E-state index contributed by atoms with van der Waals surface area (Å²) in [4.78, 5) is 25.5. The fourth-order valence-corrected chi connectivity index (χ4v) is 4.66. The van der Waals surface area contributed by atoms with Crippen LogP contribution in [0.4, 0.5) is 5.69 Å². The highest BCUT2D eigenvalue weighted by atomic mass is 16.2. The van der Waals surface area contributed by atoms with Crippen molar-refractivity contribution in [3.05, 3.63) is 78.1 Å². The monoisotopic (exact) mass is 467 g/mol. The smallest absolute Gasteiger partial charge is 0.246 e. The Morgan fingerprint density at radius 3 is 2.71 bits per heavy atom. The van der Waals surface area contributed by atoms with Crippen molar-refractivity contribution in [1.82, 2.24) is 20.1 Å². The second-order valence-corrected chi connectivity index (χ2v) is 9.08. The topological polar surface area (TPSA) is 88.9 Å². The van der Waals surface area contributed by atoms with Crippen LogP contribution in [0.25, 0.3) is 22.2 Å². The molecule has 5 rings (SSSR count). The number of amides is 2. The van der Waals surface area contributed by atoms with Gasteiger partial charge in [0.05, 0.1) is 6.42 Å². The van der Waals surface area contributed by atoms with E-state index in [0.717, 1.165) is 59.4 Å². The molecule has 2 N–H and O–H groups in total. The fraction of sp³-hybridized carbons (Fsp3) is 0.286. The van der Waals surface area contributed by atoms with Crippen molar-refractivity contribution in [2.24, 2.45) is 0 Å². The first-order valence-corrected chi connectivity index (χ1v) is 12.2. The zero-order chi connectivity index (χ0) is 24.2.